The molecule has 0 saturated carbocycles. The van der Waals surface area contributed by atoms with E-state index < -0.39 is 0 Å². The molecule has 0 aromatic carbocycles. The first-order chi connectivity index (χ1) is 9.95. The van der Waals surface area contributed by atoms with Gasteiger partial charge in [-0.15, -0.1) is 22.7 Å². The van der Waals surface area contributed by atoms with Crippen LogP contribution in [-0.2, 0) is 0 Å². The molecule has 1 atom stereocenters. The molecule has 1 unspecified atom stereocenters. The SMILES string of the molecule is CC(CNC(=O)c1ccc(Br)s1)NC(=O)c1ccc(Br)s1. The minimum atomic E-state index is -0.147. The van der Waals surface area contributed by atoms with Crippen molar-refractivity contribution in [2.24, 2.45) is 0 Å². The van der Waals surface area contributed by atoms with Gasteiger partial charge in [0, 0.05) is 12.6 Å². The van der Waals surface area contributed by atoms with Crippen LogP contribution >= 0.6 is 54.5 Å². The van der Waals surface area contributed by atoms with E-state index in [-0.39, 0.29) is 17.9 Å². The molecule has 8 heteroatoms. The molecule has 0 spiro atoms. The third-order valence-electron chi connectivity index (χ3n) is 2.54. The predicted octanol–water partition coefficient (Wildman–Crippen LogP) is 3.88. The van der Waals surface area contributed by atoms with Crippen LogP contribution in [0.3, 0.4) is 0 Å². The summed E-state index contributed by atoms with van der Waals surface area (Å²) in [6.07, 6.45) is 0. The summed E-state index contributed by atoms with van der Waals surface area (Å²) in [5.74, 6) is -0.267. The zero-order valence-electron chi connectivity index (χ0n) is 11.0. The monoisotopic (exact) mass is 450 g/mol. The second-order valence-electron chi connectivity index (χ2n) is 4.29. The Morgan fingerprint density at radius 2 is 1.57 bits per heavy atom. The molecule has 0 aliphatic rings. The summed E-state index contributed by atoms with van der Waals surface area (Å²) < 4.78 is 1.83. The highest BCUT2D eigenvalue weighted by molar-refractivity contribution is 9.11. The highest BCUT2D eigenvalue weighted by Gasteiger charge is 2.14. The highest BCUT2D eigenvalue weighted by Crippen LogP contribution is 2.22. The van der Waals surface area contributed by atoms with Gasteiger partial charge in [0.1, 0.15) is 0 Å². The summed E-state index contributed by atoms with van der Waals surface area (Å²) in [5.41, 5.74) is 0. The van der Waals surface area contributed by atoms with Gasteiger partial charge in [-0.1, -0.05) is 0 Å². The van der Waals surface area contributed by atoms with E-state index in [1.807, 2.05) is 19.1 Å². The molecule has 2 heterocycles. The number of carbonyl (C=O) groups excluding carboxylic acids is 2. The summed E-state index contributed by atoms with van der Waals surface area (Å²) in [7, 11) is 0. The van der Waals surface area contributed by atoms with Crippen molar-refractivity contribution in [1.29, 1.82) is 0 Å². The standard InChI is InChI=1S/C13H12Br2N2O2S2/c1-7(17-13(19)9-3-5-11(15)21-9)6-16-12(18)8-2-4-10(14)20-8/h2-5,7H,6H2,1H3,(H,16,18)(H,17,19). The molecule has 0 aliphatic carbocycles. The van der Waals surface area contributed by atoms with Crippen LogP contribution in [0.25, 0.3) is 0 Å². The first-order valence-corrected chi connectivity index (χ1v) is 9.27. The Kier molecular flexibility index (Phi) is 5.98. The van der Waals surface area contributed by atoms with Crippen LogP contribution in [0.1, 0.15) is 26.3 Å². The van der Waals surface area contributed by atoms with E-state index in [4.69, 9.17) is 0 Å². The van der Waals surface area contributed by atoms with Gasteiger partial charge in [-0.05, 0) is 63.0 Å². The van der Waals surface area contributed by atoms with Crippen LogP contribution in [0, 0.1) is 0 Å². The van der Waals surface area contributed by atoms with Crippen LogP contribution in [0.15, 0.2) is 31.8 Å². The van der Waals surface area contributed by atoms with Crippen LogP contribution in [0.5, 0.6) is 0 Å². The average molecular weight is 452 g/mol. The number of halogens is 2. The van der Waals surface area contributed by atoms with E-state index in [9.17, 15) is 9.59 Å². The van der Waals surface area contributed by atoms with Crippen molar-refractivity contribution in [3.8, 4) is 0 Å². The lowest BCUT2D eigenvalue weighted by Gasteiger charge is -2.13. The Hall–Kier alpha value is -0.700. The third kappa shape index (κ3) is 4.91. The van der Waals surface area contributed by atoms with Crippen LogP contribution < -0.4 is 10.6 Å². The maximum atomic E-state index is 11.9. The molecular formula is C13H12Br2N2O2S2. The van der Waals surface area contributed by atoms with Crippen molar-refractivity contribution in [3.63, 3.8) is 0 Å². The van der Waals surface area contributed by atoms with E-state index in [1.165, 1.54) is 22.7 Å². The van der Waals surface area contributed by atoms with Crippen LogP contribution in [0.2, 0.25) is 0 Å². The molecule has 2 N–H and O–H groups in total. The van der Waals surface area contributed by atoms with Gasteiger partial charge in [-0.2, -0.15) is 0 Å². The largest absolute Gasteiger partial charge is 0.349 e. The topological polar surface area (TPSA) is 58.2 Å². The Morgan fingerprint density at radius 1 is 1.05 bits per heavy atom. The molecule has 4 nitrogen and oxygen atoms in total. The van der Waals surface area contributed by atoms with Crippen LogP contribution in [0.4, 0.5) is 0 Å². The maximum Gasteiger partial charge on any atom is 0.261 e. The molecule has 2 rings (SSSR count). The lowest BCUT2D eigenvalue weighted by molar-refractivity contribution is 0.0916. The number of amides is 2. The normalized spacial score (nSPS) is 12.0. The molecule has 0 saturated heterocycles. The van der Waals surface area contributed by atoms with Gasteiger partial charge in [0.2, 0.25) is 0 Å². The Labute approximate surface area is 147 Å². The van der Waals surface area contributed by atoms with Gasteiger partial charge in [-0.25, -0.2) is 0 Å². The maximum absolute atomic E-state index is 11.9. The minimum Gasteiger partial charge on any atom is -0.349 e. The Morgan fingerprint density at radius 3 is 2.05 bits per heavy atom. The number of carbonyl (C=O) groups is 2. The smallest absolute Gasteiger partial charge is 0.261 e. The second-order valence-corrected chi connectivity index (χ2v) is 9.22. The molecule has 0 aliphatic heterocycles. The molecule has 21 heavy (non-hydrogen) atoms. The lowest BCUT2D eigenvalue weighted by Crippen LogP contribution is -2.41. The van der Waals surface area contributed by atoms with Crippen molar-refractivity contribution < 1.29 is 9.59 Å². The molecule has 0 bridgehead atoms. The summed E-state index contributed by atoms with van der Waals surface area (Å²) in [4.78, 5) is 25.1. The van der Waals surface area contributed by atoms with Gasteiger partial charge in [0.25, 0.3) is 11.8 Å². The Balaban J connectivity index is 1.80. The van der Waals surface area contributed by atoms with Gasteiger partial charge >= 0.3 is 0 Å². The van der Waals surface area contributed by atoms with Crippen molar-refractivity contribution >= 4 is 66.3 Å². The molecule has 2 amide bonds. The molecule has 0 radical (unpaired) electrons. The molecule has 0 fully saturated rings. The molecule has 2 aromatic rings. The van der Waals surface area contributed by atoms with Crippen molar-refractivity contribution in [2.45, 2.75) is 13.0 Å². The fourth-order valence-corrected chi connectivity index (χ4v) is 4.14. The first-order valence-electron chi connectivity index (χ1n) is 6.05. The van der Waals surface area contributed by atoms with Gasteiger partial charge in [-0.3, -0.25) is 9.59 Å². The first kappa shape index (κ1) is 16.7. The summed E-state index contributed by atoms with van der Waals surface area (Å²) >= 11 is 9.39. The molecule has 2 aromatic heterocycles. The highest BCUT2D eigenvalue weighted by atomic mass is 79.9. The molecule has 112 valence electrons. The van der Waals surface area contributed by atoms with E-state index in [0.29, 0.717) is 16.3 Å². The lowest BCUT2D eigenvalue weighted by atomic mass is 10.3. The van der Waals surface area contributed by atoms with Crippen molar-refractivity contribution in [1.82, 2.24) is 10.6 Å². The number of thiophene rings is 2. The van der Waals surface area contributed by atoms with E-state index in [0.717, 1.165) is 7.57 Å². The number of hydrogen-bond donors (Lipinski definition) is 2. The summed E-state index contributed by atoms with van der Waals surface area (Å²) in [6, 6.07) is 7.04. The number of nitrogens with one attached hydrogen (secondary N) is 2. The summed E-state index contributed by atoms with van der Waals surface area (Å²) in [5, 5.41) is 5.66. The zero-order valence-corrected chi connectivity index (χ0v) is 15.8. The van der Waals surface area contributed by atoms with Gasteiger partial charge in [0.15, 0.2) is 0 Å². The fraction of sp³-hybridized carbons (Fsp3) is 0.231. The van der Waals surface area contributed by atoms with Crippen molar-refractivity contribution in [2.75, 3.05) is 6.54 Å². The third-order valence-corrected chi connectivity index (χ3v) is 5.79. The van der Waals surface area contributed by atoms with E-state index in [1.54, 1.807) is 12.1 Å². The second kappa shape index (κ2) is 7.53. The van der Waals surface area contributed by atoms with E-state index in [2.05, 4.69) is 42.5 Å². The zero-order chi connectivity index (χ0) is 15.4. The minimum absolute atomic E-state index is 0.133. The average Bonchev–Trinajstić information content (AvgIpc) is 3.04. The Bertz CT molecular complexity index is 654. The quantitative estimate of drug-likeness (QED) is 0.724. The number of hydrogen-bond acceptors (Lipinski definition) is 4. The summed E-state index contributed by atoms with van der Waals surface area (Å²) in [6.45, 7) is 2.23. The van der Waals surface area contributed by atoms with Crippen LogP contribution in [-0.4, -0.2) is 24.4 Å². The molecular weight excluding hydrogens is 440 g/mol. The predicted molar refractivity (Wildman–Crippen MR) is 93.3 cm³/mol. The fourth-order valence-electron chi connectivity index (χ4n) is 1.55. The van der Waals surface area contributed by atoms with E-state index >= 15 is 0 Å². The number of rotatable bonds is 5. The van der Waals surface area contributed by atoms with Gasteiger partial charge in [0.05, 0.1) is 17.3 Å². The van der Waals surface area contributed by atoms with Gasteiger partial charge < -0.3 is 10.6 Å². The van der Waals surface area contributed by atoms with Crippen molar-refractivity contribution in [3.05, 3.63) is 41.6 Å².